The summed E-state index contributed by atoms with van der Waals surface area (Å²) in [5.74, 6) is -2.47. The fourth-order valence-corrected chi connectivity index (χ4v) is 3.02. The zero-order chi connectivity index (χ0) is 13.6. The van der Waals surface area contributed by atoms with Gasteiger partial charge < -0.3 is 10.4 Å². The highest BCUT2D eigenvalue weighted by Gasteiger charge is 2.29. The molecule has 0 spiro atoms. The second kappa shape index (κ2) is 6.58. The standard InChI is InChI=1S/C10H19NO5S/c1-4-5-7(2)17(15,16)6-9(10(13)14)11-8(3)12/h7,9H,4-6H2,1-3H3,(H,11,12)(H,13,14). The molecule has 0 aliphatic heterocycles. The van der Waals surface area contributed by atoms with Crippen LogP contribution in [-0.4, -0.2) is 42.4 Å². The quantitative estimate of drug-likeness (QED) is 0.684. The van der Waals surface area contributed by atoms with Crippen molar-refractivity contribution in [2.24, 2.45) is 0 Å². The van der Waals surface area contributed by atoms with E-state index in [-0.39, 0.29) is 0 Å². The summed E-state index contributed by atoms with van der Waals surface area (Å²) in [4.78, 5) is 21.6. The average molecular weight is 265 g/mol. The smallest absolute Gasteiger partial charge is 0.327 e. The molecule has 2 N–H and O–H groups in total. The van der Waals surface area contributed by atoms with E-state index in [1.165, 1.54) is 0 Å². The highest BCUT2D eigenvalue weighted by atomic mass is 32.2. The van der Waals surface area contributed by atoms with Crippen molar-refractivity contribution < 1.29 is 23.1 Å². The predicted octanol–water partition coefficient (Wildman–Crippen LogP) is 0.179. The van der Waals surface area contributed by atoms with Crippen LogP contribution in [0.4, 0.5) is 0 Å². The fraction of sp³-hybridized carbons (Fsp3) is 0.800. The summed E-state index contributed by atoms with van der Waals surface area (Å²) in [6.45, 7) is 4.55. The van der Waals surface area contributed by atoms with Gasteiger partial charge in [0, 0.05) is 6.92 Å². The molecule has 0 aromatic carbocycles. The first-order chi connectivity index (χ1) is 7.70. The molecule has 6 nitrogen and oxygen atoms in total. The van der Waals surface area contributed by atoms with Crippen LogP contribution in [0.5, 0.6) is 0 Å². The maximum Gasteiger partial charge on any atom is 0.327 e. The Morgan fingerprint density at radius 1 is 1.35 bits per heavy atom. The van der Waals surface area contributed by atoms with Crippen molar-refractivity contribution in [1.82, 2.24) is 5.32 Å². The molecule has 0 aromatic heterocycles. The van der Waals surface area contributed by atoms with E-state index in [0.29, 0.717) is 12.8 Å². The second-order valence-corrected chi connectivity index (χ2v) is 6.48. The highest BCUT2D eigenvalue weighted by molar-refractivity contribution is 7.92. The minimum absolute atomic E-state index is 0.481. The van der Waals surface area contributed by atoms with Crippen molar-refractivity contribution in [2.45, 2.75) is 44.9 Å². The van der Waals surface area contributed by atoms with Gasteiger partial charge >= 0.3 is 5.97 Å². The summed E-state index contributed by atoms with van der Waals surface area (Å²) in [5, 5.41) is 10.3. The molecule has 0 aliphatic rings. The van der Waals surface area contributed by atoms with Gasteiger partial charge in [0.1, 0.15) is 6.04 Å². The van der Waals surface area contributed by atoms with Gasteiger partial charge in [-0.2, -0.15) is 0 Å². The molecule has 0 aromatic rings. The van der Waals surface area contributed by atoms with E-state index in [9.17, 15) is 18.0 Å². The van der Waals surface area contributed by atoms with Gasteiger partial charge in [0.25, 0.3) is 0 Å². The molecule has 2 unspecified atom stereocenters. The first-order valence-corrected chi connectivity index (χ1v) is 7.13. The van der Waals surface area contributed by atoms with Crippen molar-refractivity contribution in [3.05, 3.63) is 0 Å². The van der Waals surface area contributed by atoms with Crippen molar-refractivity contribution in [3.63, 3.8) is 0 Å². The van der Waals surface area contributed by atoms with Crippen LogP contribution in [0.25, 0.3) is 0 Å². The number of carboxylic acid groups (broad SMARTS) is 1. The zero-order valence-electron chi connectivity index (χ0n) is 10.3. The Hall–Kier alpha value is -1.11. The Kier molecular flexibility index (Phi) is 6.15. The number of carboxylic acids is 1. The Labute approximate surface area is 101 Å². The van der Waals surface area contributed by atoms with E-state index >= 15 is 0 Å². The molecule has 0 saturated heterocycles. The number of amides is 1. The van der Waals surface area contributed by atoms with Crippen molar-refractivity contribution in [2.75, 3.05) is 5.75 Å². The van der Waals surface area contributed by atoms with Crippen molar-refractivity contribution >= 4 is 21.7 Å². The lowest BCUT2D eigenvalue weighted by Gasteiger charge is -2.17. The minimum Gasteiger partial charge on any atom is -0.480 e. The van der Waals surface area contributed by atoms with E-state index in [2.05, 4.69) is 5.32 Å². The molecule has 0 saturated carbocycles. The van der Waals surface area contributed by atoms with Crippen molar-refractivity contribution in [3.8, 4) is 0 Å². The molecule has 0 radical (unpaired) electrons. The van der Waals surface area contributed by atoms with Crippen LogP contribution in [-0.2, 0) is 19.4 Å². The van der Waals surface area contributed by atoms with Gasteiger partial charge in [-0.3, -0.25) is 4.79 Å². The normalized spacial score (nSPS) is 15.0. The lowest BCUT2D eigenvalue weighted by molar-refractivity contribution is -0.140. The number of rotatable bonds is 7. The fourth-order valence-electron chi connectivity index (χ4n) is 1.40. The van der Waals surface area contributed by atoms with Gasteiger partial charge in [0.05, 0.1) is 11.0 Å². The molecule has 0 aliphatic carbocycles. The molecule has 1 amide bonds. The van der Waals surface area contributed by atoms with Crippen molar-refractivity contribution in [1.29, 1.82) is 0 Å². The number of carbonyl (C=O) groups excluding carboxylic acids is 1. The predicted molar refractivity (Wildman–Crippen MR) is 63.4 cm³/mol. The summed E-state index contributed by atoms with van der Waals surface area (Å²) in [5.41, 5.74) is 0. The Morgan fingerprint density at radius 2 is 1.88 bits per heavy atom. The molecule has 0 bridgehead atoms. The Balaban J connectivity index is 4.75. The summed E-state index contributed by atoms with van der Waals surface area (Å²) >= 11 is 0. The van der Waals surface area contributed by atoms with E-state index in [1.54, 1.807) is 6.92 Å². The van der Waals surface area contributed by atoms with Gasteiger partial charge in [-0.15, -0.1) is 0 Å². The maximum absolute atomic E-state index is 11.8. The van der Waals surface area contributed by atoms with Crippen LogP contribution in [0.2, 0.25) is 0 Å². The Morgan fingerprint density at radius 3 is 2.24 bits per heavy atom. The highest BCUT2D eigenvalue weighted by Crippen LogP contribution is 2.10. The number of aliphatic carboxylic acids is 1. The largest absolute Gasteiger partial charge is 0.480 e. The van der Waals surface area contributed by atoms with E-state index < -0.39 is 38.8 Å². The summed E-state index contributed by atoms with van der Waals surface area (Å²) < 4.78 is 23.6. The number of sulfone groups is 1. The van der Waals surface area contributed by atoms with Crippen LogP contribution in [0.1, 0.15) is 33.6 Å². The molecule has 7 heteroatoms. The van der Waals surface area contributed by atoms with Crippen LogP contribution in [0.3, 0.4) is 0 Å². The molecule has 0 heterocycles. The zero-order valence-corrected chi connectivity index (χ0v) is 11.1. The van der Waals surface area contributed by atoms with Gasteiger partial charge in [-0.1, -0.05) is 13.3 Å². The summed E-state index contributed by atoms with van der Waals surface area (Å²) in [6, 6.07) is -1.38. The third-order valence-corrected chi connectivity index (χ3v) is 4.64. The molecule has 0 rings (SSSR count). The molecule has 2 atom stereocenters. The first kappa shape index (κ1) is 15.9. The third-order valence-electron chi connectivity index (χ3n) is 2.38. The van der Waals surface area contributed by atoms with Gasteiger partial charge in [0.15, 0.2) is 9.84 Å². The topological polar surface area (TPSA) is 101 Å². The number of hydrogen-bond acceptors (Lipinski definition) is 4. The van der Waals surface area contributed by atoms with E-state index in [1.807, 2.05) is 6.92 Å². The molecular formula is C10H19NO5S. The monoisotopic (exact) mass is 265 g/mol. The number of hydrogen-bond donors (Lipinski definition) is 2. The maximum atomic E-state index is 11.8. The summed E-state index contributed by atoms with van der Waals surface area (Å²) in [6.07, 6.45) is 1.19. The number of nitrogens with one attached hydrogen (secondary N) is 1. The third kappa shape index (κ3) is 5.67. The van der Waals surface area contributed by atoms with Gasteiger partial charge in [0.2, 0.25) is 5.91 Å². The minimum atomic E-state index is -3.51. The summed E-state index contributed by atoms with van der Waals surface area (Å²) in [7, 11) is -3.51. The van der Waals surface area contributed by atoms with Gasteiger partial charge in [-0.05, 0) is 13.3 Å². The molecule has 17 heavy (non-hydrogen) atoms. The van der Waals surface area contributed by atoms with Crippen LogP contribution < -0.4 is 5.32 Å². The molecule has 0 fully saturated rings. The SMILES string of the molecule is CCCC(C)S(=O)(=O)CC(NC(C)=O)C(=O)O. The van der Waals surface area contributed by atoms with E-state index in [4.69, 9.17) is 5.11 Å². The number of carbonyl (C=O) groups is 2. The first-order valence-electron chi connectivity index (χ1n) is 5.42. The van der Waals surface area contributed by atoms with Crippen LogP contribution in [0, 0.1) is 0 Å². The van der Waals surface area contributed by atoms with Gasteiger partial charge in [-0.25, -0.2) is 13.2 Å². The van der Waals surface area contributed by atoms with Crippen LogP contribution >= 0.6 is 0 Å². The lowest BCUT2D eigenvalue weighted by Crippen LogP contribution is -2.45. The lowest BCUT2D eigenvalue weighted by atomic mass is 10.3. The molecule has 100 valence electrons. The Bertz CT molecular complexity index is 376. The van der Waals surface area contributed by atoms with E-state index in [0.717, 1.165) is 6.92 Å². The second-order valence-electron chi connectivity index (χ2n) is 4.02. The van der Waals surface area contributed by atoms with Crippen LogP contribution in [0.15, 0.2) is 0 Å². The molecular weight excluding hydrogens is 246 g/mol. The average Bonchev–Trinajstić information content (AvgIpc) is 2.15.